The molecule has 4 nitrogen and oxygen atoms in total. The van der Waals surface area contributed by atoms with Crippen LogP contribution in [0.4, 0.5) is 0 Å². The number of benzene rings is 2. The van der Waals surface area contributed by atoms with Crippen LogP contribution in [0.15, 0.2) is 42.5 Å². The molecule has 0 aliphatic carbocycles. The van der Waals surface area contributed by atoms with E-state index in [0.717, 1.165) is 17.7 Å². The van der Waals surface area contributed by atoms with Crippen molar-refractivity contribution in [2.24, 2.45) is 0 Å². The Bertz CT molecular complexity index is 938. The number of hydrogen-bond donors (Lipinski definition) is 0. The monoisotopic (exact) mass is 421 g/mol. The van der Waals surface area contributed by atoms with Crippen molar-refractivity contribution >= 4 is 17.8 Å². The molecule has 0 bridgehead atoms. The molecule has 31 heavy (non-hydrogen) atoms. The first-order chi connectivity index (χ1) is 14.6. The molecule has 0 saturated heterocycles. The van der Waals surface area contributed by atoms with Crippen LogP contribution in [0.25, 0.3) is 6.08 Å². The molecule has 0 heterocycles. The van der Waals surface area contributed by atoms with Crippen LogP contribution in [0, 0.1) is 0 Å². The third-order valence-corrected chi connectivity index (χ3v) is 5.14. The fraction of sp³-hybridized carbons (Fsp3) is 0.407. The van der Waals surface area contributed by atoms with Crippen molar-refractivity contribution in [2.45, 2.75) is 52.9 Å². The van der Waals surface area contributed by atoms with Gasteiger partial charge in [-0.05, 0) is 59.7 Å². The number of carbonyl (C=O) groups is 2. The number of carbonyl (C=O) groups excluding carboxylic acids is 2. The molecule has 0 radical (unpaired) electrons. The summed E-state index contributed by atoms with van der Waals surface area (Å²) in [7, 11) is 3.41. The third kappa shape index (κ3) is 6.30. The Morgan fingerprint density at radius 2 is 1.58 bits per heavy atom. The fourth-order valence-electron chi connectivity index (χ4n) is 3.25. The van der Waals surface area contributed by atoms with E-state index in [-0.39, 0.29) is 11.7 Å². The van der Waals surface area contributed by atoms with E-state index >= 15 is 0 Å². The van der Waals surface area contributed by atoms with E-state index in [1.165, 1.54) is 16.0 Å². The number of amides is 1. The van der Waals surface area contributed by atoms with Gasteiger partial charge in [-0.25, -0.2) is 0 Å². The summed E-state index contributed by atoms with van der Waals surface area (Å²) in [6, 6.07) is 11.1. The highest BCUT2D eigenvalue weighted by molar-refractivity contribution is 6.07. The molecular formula is C27H35NO3. The van der Waals surface area contributed by atoms with Crippen LogP contribution < -0.4 is 4.74 Å². The molecule has 0 saturated carbocycles. The Morgan fingerprint density at radius 1 is 0.968 bits per heavy atom. The predicted octanol–water partition coefficient (Wildman–Crippen LogP) is 6.32. The van der Waals surface area contributed by atoms with Gasteiger partial charge in [-0.15, -0.1) is 0 Å². The SMILES string of the molecule is CCCOc1c(/C=C/C(=O)c2ccc(C(=O)N(C)C)cc2)cc(C(C)C)cc1C(C)C. The summed E-state index contributed by atoms with van der Waals surface area (Å²) >= 11 is 0. The zero-order chi connectivity index (χ0) is 23.1. The van der Waals surface area contributed by atoms with Crippen LogP contribution >= 0.6 is 0 Å². The van der Waals surface area contributed by atoms with Crippen molar-refractivity contribution < 1.29 is 14.3 Å². The first kappa shape index (κ1) is 24.4. The summed E-state index contributed by atoms with van der Waals surface area (Å²) in [5.74, 6) is 1.36. The van der Waals surface area contributed by atoms with Gasteiger partial charge in [0.05, 0.1) is 6.61 Å². The van der Waals surface area contributed by atoms with Gasteiger partial charge in [0.25, 0.3) is 5.91 Å². The first-order valence-electron chi connectivity index (χ1n) is 11.0. The van der Waals surface area contributed by atoms with E-state index in [4.69, 9.17) is 4.74 Å². The number of nitrogens with zero attached hydrogens (tertiary/aromatic N) is 1. The number of allylic oxidation sites excluding steroid dienone is 1. The standard InChI is InChI=1S/C27H35NO3/c1-8-15-31-26-22(16-23(18(2)3)17-24(26)19(4)5)13-14-25(29)20-9-11-21(12-10-20)27(30)28(6)7/h9-14,16-19H,8,15H2,1-7H3/b14-13+. The molecule has 0 aliphatic rings. The lowest BCUT2D eigenvalue weighted by atomic mass is 9.91. The summed E-state index contributed by atoms with van der Waals surface area (Å²) < 4.78 is 6.11. The van der Waals surface area contributed by atoms with Crippen LogP contribution in [0.2, 0.25) is 0 Å². The molecule has 2 aromatic carbocycles. The van der Waals surface area contributed by atoms with E-state index in [0.29, 0.717) is 29.6 Å². The van der Waals surface area contributed by atoms with Gasteiger partial charge in [0.15, 0.2) is 5.78 Å². The van der Waals surface area contributed by atoms with Gasteiger partial charge in [0.2, 0.25) is 0 Å². The fourth-order valence-corrected chi connectivity index (χ4v) is 3.25. The number of ketones is 1. The second kappa shape index (κ2) is 10.9. The van der Waals surface area contributed by atoms with E-state index in [2.05, 4.69) is 46.8 Å². The summed E-state index contributed by atoms with van der Waals surface area (Å²) in [5.41, 5.74) is 4.43. The number of hydrogen-bond acceptors (Lipinski definition) is 3. The van der Waals surface area contributed by atoms with Crippen LogP contribution in [-0.4, -0.2) is 37.3 Å². The molecular weight excluding hydrogens is 386 g/mol. The molecule has 2 aromatic rings. The van der Waals surface area contributed by atoms with Gasteiger partial charge < -0.3 is 9.64 Å². The predicted molar refractivity (Wildman–Crippen MR) is 128 cm³/mol. The Hall–Kier alpha value is -2.88. The molecule has 4 heteroatoms. The molecule has 2 rings (SSSR count). The minimum absolute atomic E-state index is 0.0843. The highest BCUT2D eigenvalue weighted by Gasteiger charge is 2.16. The van der Waals surface area contributed by atoms with Crippen molar-refractivity contribution in [3.63, 3.8) is 0 Å². The van der Waals surface area contributed by atoms with E-state index in [1.54, 1.807) is 44.4 Å². The van der Waals surface area contributed by atoms with Crippen LogP contribution in [0.1, 0.15) is 90.3 Å². The van der Waals surface area contributed by atoms with Crippen molar-refractivity contribution in [3.8, 4) is 5.75 Å². The molecule has 0 N–H and O–H groups in total. The van der Waals surface area contributed by atoms with Crippen LogP contribution in [-0.2, 0) is 0 Å². The van der Waals surface area contributed by atoms with Crippen molar-refractivity contribution in [1.29, 1.82) is 0 Å². The molecule has 0 spiro atoms. The highest BCUT2D eigenvalue weighted by atomic mass is 16.5. The van der Waals surface area contributed by atoms with Gasteiger partial charge in [0.1, 0.15) is 5.75 Å². The molecule has 0 unspecified atom stereocenters. The van der Waals surface area contributed by atoms with Crippen molar-refractivity contribution in [1.82, 2.24) is 4.90 Å². The topological polar surface area (TPSA) is 46.6 Å². The van der Waals surface area contributed by atoms with Gasteiger partial charge >= 0.3 is 0 Å². The Morgan fingerprint density at radius 3 is 2.10 bits per heavy atom. The minimum Gasteiger partial charge on any atom is -0.493 e. The maximum Gasteiger partial charge on any atom is 0.253 e. The quantitative estimate of drug-likeness (QED) is 0.351. The summed E-state index contributed by atoms with van der Waals surface area (Å²) in [4.78, 5) is 26.3. The van der Waals surface area contributed by atoms with Gasteiger partial charge in [-0.2, -0.15) is 0 Å². The Labute approximate surface area is 186 Å². The van der Waals surface area contributed by atoms with Crippen LogP contribution in [0.3, 0.4) is 0 Å². The highest BCUT2D eigenvalue weighted by Crippen LogP contribution is 2.35. The smallest absolute Gasteiger partial charge is 0.253 e. The average Bonchev–Trinajstić information content (AvgIpc) is 2.74. The van der Waals surface area contributed by atoms with Gasteiger partial charge in [-0.1, -0.05) is 52.8 Å². The molecule has 166 valence electrons. The largest absolute Gasteiger partial charge is 0.493 e. The zero-order valence-corrected chi connectivity index (χ0v) is 19.9. The second-order valence-electron chi connectivity index (χ2n) is 8.66. The summed E-state index contributed by atoms with van der Waals surface area (Å²) in [6.45, 7) is 11.4. The zero-order valence-electron chi connectivity index (χ0n) is 19.9. The van der Waals surface area contributed by atoms with Crippen LogP contribution in [0.5, 0.6) is 5.75 Å². The maximum atomic E-state index is 12.8. The molecule has 1 amide bonds. The van der Waals surface area contributed by atoms with Gasteiger partial charge in [0, 0.05) is 30.8 Å². The number of rotatable bonds is 9. The van der Waals surface area contributed by atoms with Gasteiger partial charge in [-0.3, -0.25) is 9.59 Å². The first-order valence-corrected chi connectivity index (χ1v) is 11.0. The second-order valence-corrected chi connectivity index (χ2v) is 8.66. The minimum atomic E-state index is -0.105. The lowest BCUT2D eigenvalue weighted by molar-refractivity contribution is 0.0827. The maximum absolute atomic E-state index is 12.8. The third-order valence-electron chi connectivity index (χ3n) is 5.14. The van der Waals surface area contributed by atoms with Crippen molar-refractivity contribution in [3.05, 3.63) is 70.3 Å². The summed E-state index contributed by atoms with van der Waals surface area (Å²) in [6.07, 6.45) is 4.36. The van der Waals surface area contributed by atoms with E-state index < -0.39 is 0 Å². The Kier molecular flexibility index (Phi) is 8.61. The van der Waals surface area contributed by atoms with E-state index in [1.807, 2.05) is 6.08 Å². The van der Waals surface area contributed by atoms with Crippen molar-refractivity contribution in [2.75, 3.05) is 20.7 Å². The summed E-state index contributed by atoms with van der Waals surface area (Å²) in [5, 5.41) is 0. The molecule has 0 aromatic heterocycles. The lowest BCUT2D eigenvalue weighted by Gasteiger charge is -2.20. The average molecular weight is 422 g/mol. The lowest BCUT2D eigenvalue weighted by Crippen LogP contribution is -2.21. The molecule has 0 atom stereocenters. The molecule has 0 aliphatic heterocycles. The normalized spacial score (nSPS) is 11.4. The Balaban J connectivity index is 2.38. The number of ether oxygens (including phenoxy) is 1. The molecule has 0 fully saturated rings. The van der Waals surface area contributed by atoms with E-state index in [9.17, 15) is 9.59 Å².